The molecule has 186 valence electrons. The van der Waals surface area contributed by atoms with Crippen LogP contribution < -0.4 is 10.1 Å². The van der Waals surface area contributed by atoms with E-state index in [1.165, 1.54) is 0 Å². The Morgan fingerprint density at radius 2 is 2.03 bits per heavy atom. The molecule has 5 rings (SSSR count). The Labute approximate surface area is 206 Å². The second-order valence-corrected chi connectivity index (χ2v) is 10.9. The Bertz CT molecular complexity index is 1070. The lowest BCUT2D eigenvalue weighted by atomic mass is 9.64. The molecule has 0 radical (unpaired) electrons. The number of ether oxygens (including phenoxy) is 1. The summed E-state index contributed by atoms with van der Waals surface area (Å²) in [7, 11) is 0. The van der Waals surface area contributed by atoms with E-state index in [1.54, 1.807) is 11.0 Å². The molecule has 3 amide bonds. The summed E-state index contributed by atoms with van der Waals surface area (Å²) in [6.45, 7) is 6.58. The van der Waals surface area contributed by atoms with Gasteiger partial charge >= 0.3 is 0 Å². The molecule has 4 aliphatic rings. The predicted octanol–water partition coefficient (Wildman–Crippen LogP) is 3.01. The number of imide groups is 1. The fraction of sp³-hybridized carbons (Fsp3) is 0.630. The SMILES string of the molecule is CCN(CC1CC(C)(C#N)C1)[C@H]1CCC[C@@H]1Oc1ccc2c(c1)CN([C@H]1CCC(=O)NC1=O)C2=O. The molecule has 8 nitrogen and oxygen atoms in total. The molecule has 1 aromatic rings. The maximum atomic E-state index is 13.0. The van der Waals surface area contributed by atoms with Crippen molar-refractivity contribution in [1.82, 2.24) is 15.1 Å². The summed E-state index contributed by atoms with van der Waals surface area (Å²) in [5.41, 5.74) is 1.31. The average Bonchev–Trinajstić information content (AvgIpc) is 3.40. The molecule has 2 saturated carbocycles. The molecule has 3 atom stereocenters. The van der Waals surface area contributed by atoms with Crippen molar-refractivity contribution in [3.8, 4) is 11.8 Å². The number of benzene rings is 1. The lowest BCUT2D eigenvalue weighted by Crippen LogP contribution is -2.52. The second-order valence-electron chi connectivity index (χ2n) is 10.9. The summed E-state index contributed by atoms with van der Waals surface area (Å²) >= 11 is 0. The Morgan fingerprint density at radius 1 is 1.23 bits per heavy atom. The summed E-state index contributed by atoms with van der Waals surface area (Å²) in [5, 5.41) is 11.7. The fourth-order valence-electron chi connectivity index (χ4n) is 6.53. The van der Waals surface area contributed by atoms with Crippen molar-refractivity contribution in [1.29, 1.82) is 5.26 Å². The number of likely N-dealkylation sites (N-methyl/N-ethyl adjacent to an activating group) is 1. The van der Waals surface area contributed by atoms with Crippen molar-refractivity contribution in [2.24, 2.45) is 11.3 Å². The third-order valence-electron chi connectivity index (χ3n) is 8.32. The first-order valence-corrected chi connectivity index (χ1v) is 12.9. The number of carbonyl (C=O) groups is 3. The molecule has 8 heteroatoms. The van der Waals surface area contributed by atoms with E-state index in [0.29, 0.717) is 30.5 Å². The zero-order chi connectivity index (χ0) is 24.7. The molecule has 1 saturated heterocycles. The van der Waals surface area contributed by atoms with Crippen LogP contribution in [0.4, 0.5) is 0 Å². The van der Waals surface area contributed by atoms with Gasteiger partial charge in [-0.25, -0.2) is 0 Å². The van der Waals surface area contributed by atoms with Crippen LogP contribution in [0.2, 0.25) is 0 Å². The van der Waals surface area contributed by atoms with E-state index in [9.17, 15) is 19.6 Å². The molecule has 1 aromatic carbocycles. The fourth-order valence-corrected chi connectivity index (χ4v) is 6.53. The molecule has 3 fully saturated rings. The molecule has 35 heavy (non-hydrogen) atoms. The highest BCUT2D eigenvalue weighted by Gasteiger charge is 2.43. The highest BCUT2D eigenvalue weighted by molar-refractivity contribution is 6.05. The van der Waals surface area contributed by atoms with Gasteiger partial charge in [-0.2, -0.15) is 5.26 Å². The number of nitrogens with one attached hydrogen (secondary N) is 1. The molecule has 0 unspecified atom stereocenters. The maximum absolute atomic E-state index is 13.0. The van der Waals surface area contributed by atoms with Gasteiger partial charge in [0.25, 0.3) is 5.91 Å². The zero-order valence-corrected chi connectivity index (χ0v) is 20.6. The second kappa shape index (κ2) is 9.27. The van der Waals surface area contributed by atoms with E-state index in [1.807, 2.05) is 12.1 Å². The van der Waals surface area contributed by atoms with Gasteiger partial charge in [-0.1, -0.05) is 6.92 Å². The highest BCUT2D eigenvalue weighted by Crippen LogP contribution is 2.45. The van der Waals surface area contributed by atoms with Gasteiger partial charge in [0, 0.05) is 31.1 Å². The van der Waals surface area contributed by atoms with Crippen molar-refractivity contribution < 1.29 is 19.1 Å². The van der Waals surface area contributed by atoms with Crippen LogP contribution in [0.25, 0.3) is 0 Å². The Balaban J connectivity index is 1.23. The number of amides is 3. The molecule has 2 heterocycles. The smallest absolute Gasteiger partial charge is 0.255 e. The van der Waals surface area contributed by atoms with Crippen molar-refractivity contribution in [2.45, 2.75) is 83.5 Å². The average molecular weight is 479 g/mol. The number of rotatable bonds is 7. The monoisotopic (exact) mass is 478 g/mol. The summed E-state index contributed by atoms with van der Waals surface area (Å²) in [6.07, 6.45) is 5.88. The van der Waals surface area contributed by atoms with Gasteiger partial charge < -0.3 is 9.64 Å². The lowest BCUT2D eigenvalue weighted by Gasteiger charge is -2.44. The van der Waals surface area contributed by atoms with E-state index in [2.05, 4.69) is 30.1 Å². The van der Waals surface area contributed by atoms with Gasteiger partial charge in [0.1, 0.15) is 17.9 Å². The first-order valence-electron chi connectivity index (χ1n) is 12.9. The van der Waals surface area contributed by atoms with E-state index < -0.39 is 11.9 Å². The molecule has 1 N–H and O–H groups in total. The van der Waals surface area contributed by atoms with Crippen LogP contribution in [-0.2, 0) is 16.1 Å². The number of carbonyl (C=O) groups excluding carboxylic acids is 3. The van der Waals surface area contributed by atoms with E-state index in [-0.39, 0.29) is 29.8 Å². The Morgan fingerprint density at radius 3 is 2.74 bits per heavy atom. The van der Waals surface area contributed by atoms with Gasteiger partial charge in [0.2, 0.25) is 11.8 Å². The van der Waals surface area contributed by atoms with E-state index >= 15 is 0 Å². The minimum absolute atomic E-state index is 0.0961. The van der Waals surface area contributed by atoms with Crippen molar-refractivity contribution in [2.75, 3.05) is 13.1 Å². The van der Waals surface area contributed by atoms with Crippen LogP contribution in [0.15, 0.2) is 18.2 Å². The topological polar surface area (TPSA) is 103 Å². The van der Waals surface area contributed by atoms with Crippen molar-refractivity contribution in [3.05, 3.63) is 29.3 Å². The zero-order valence-electron chi connectivity index (χ0n) is 20.6. The van der Waals surface area contributed by atoms with Gasteiger partial charge in [-0.05, 0) is 81.7 Å². The van der Waals surface area contributed by atoms with E-state index in [0.717, 1.165) is 56.5 Å². The minimum atomic E-state index is -0.608. The summed E-state index contributed by atoms with van der Waals surface area (Å²) in [4.78, 5) is 40.8. The quantitative estimate of drug-likeness (QED) is 0.605. The molecular weight excluding hydrogens is 444 g/mol. The number of hydrogen-bond donors (Lipinski definition) is 1. The first kappa shape index (κ1) is 23.8. The number of nitrogens with zero attached hydrogens (tertiary/aromatic N) is 3. The normalized spacial score (nSPS) is 32.3. The Hall–Kier alpha value is -2.92. The van der Waals surface area contributed by atoms with Gasteiger partial charge in [0.15, 0.2) is 0 Å². The maximum Gasteiger partial charge on any atom is 0.255 e. The molecule has 2 aliphatic heterocycles. The van der Waals surface area contributed by atoms with Crippen LogP contribution in [0.3, 0.4) is 0 Å². The lowest BCUT2D eigenvalue weighted by molar-refractivity contribution is -0.136. The minimum Gasteiger partial charge on any atom is -0.489 e. The van der Waals surface area contributed by atoms with Crippen LogP contribution in [-0.4, -0.2) is 58.8 Å². The van der Waals surface area contributed by atoms with E-state index in [4.69, 9.17) is 4.74 Å². The summed E-state index contributed by atoms with van der Waals surface area (Å²) in [6, 6.07) is 7.80. The van der Waals surface area contributed by atoms with Crippen LogP contribution in [0.5, 0.6) is 5.75 Å². The molecule has 0 aromatic heterocycles. The highest BCUT2D eigenvalue weighted by atomic mass is 16.5. The van der Waals surface area contributed by atoms with Crippen molar-refractivity contribution >= 4 is 17.7 Å². The van der Waals surface area contributed by atoms with Gasteiger partial charge in [-0.3, -0.25) is 24.6 Å². The molecule has 0 bridgehead atoms. The number of piperidine rings is 1. The number of hydrogen-bond acceptors (Lipinski definition) is 6. The third kappa shape index (κ3) is 4.54. The first-order chi connectivity index (χ1) is 16.8. The van der Waals surface area contributed by atoms with Gasteiger partial charge in [-0.15, -0.1) is 0 Å². The number of fused-ring (bicyclic) bond motifs is 1. The third-order valence-corrected chi connectivity index (χ3v) is 8.32. The molecule has 2 aliphatic carbocycles. The van der Waals surface area contributed by atoms with Crippen LogP contribution in [0, 0.1) is 22.7 Å². The van der Waals surface area contributed by atoms with Crippen LogP contribution in [0.1, 0.15) is 74.7 Å². The standard InChI is InChI=1S/C27H34N4O4/c1-3-30(14-17-12-27(2,13-17)16-28)21-5-4-6-23(21)35-19-7-8-20-18(11-19)15-31(26(20)34)22-9-10-24(32)29-25(22)33/h7-8,11,17,21-23H,3-6,9-10,12-15H2,1-2H3,(H,29,32,33)/t17?,21-,22-,23-,27?/m0/s1. The molecular formula is C27H34N4O4. The van der Waals surface area contributed by atoms with Crippen molar-refractivity contribution in [3.63, 3.8) is 0 Å². The summed E-state index contributed by atoms with van der Waals surface area (Å²) < 4.78 is 6.49. The van der Waals surface area contributed by atoms with Crippen LogP contribution >= 0.6 is 0 Å². The van der Waals surface area contributed by atoms with Gasteiger partial charge in [0.05, 0.1) is 11.5 Å². The largest absolute Gasteiger partial charge is 0.489 e. The summed E-state index contributed by atoms with van der Waals surface area (Å²) in [5.74, 6) is 0.492. The number of nitriles is 1. The predicted molar refractivity (Wildman–Crippen MR) is 128 cm³/mol. The molecule has 0 spiro atoms. The Kier molecular flexibility index (Phi) is 6.30.